The molecule has 0 aliphatic rings. The average molecular weight is 403 g/mol. The predicted octanol–water partition coefficient (Wildman–Crippen LogP) is 0.994. The van der Waals surface area contributed by atoms with E-state index in [1.54, 1.807) is 0 Å². The van der Waals surface area contributed by atoms with E-state index in [2.05, 4.69) is 20.8 Å². The number of rotatable bonds is 17. The summed E-state index contributed by atoms with van der Waals surface area (Å²) in [7, 11) is 0. The van der Waals surface area contributed by atoms with Crippen LogP contribution in [0.5, 0.6) is 0 Å². The Morgan fingerprint density at radius 3 is 1.32 bits per heavy atom. The van der Waals surface area contributed by atoms with E-state index in [1.165, 1.54) is 96.3 Å². The molecule has 0 aliphatic heterocycles. The van der Waals surface area contributed by atoms with E-state index in [0.29, 0.717) is 0 Å². The maximum absolute atomic E-state index is 9.43. The molecule has 0 spiro atoms. The van der Waals surface area contributed by atoms with Crippen molar-refractivity contribution >= 4 is 11.9 Å². The van der Waals surface area contributed by atoms with Crippen molar-refractivity contribution in [1.82, 2.24) is 0 Å². The number of carboxylic acids is 2. The second kappa shape index (κ2) is 29.7. The van der Waals surface area contributed by atoms with E-state index in [0.717, 1.165) is 5.92 Å². The van der Waals surface area contributed by atoms with Gasteiger partial charge in [0.15, 0.2) is 0 Å². The van der Waals surface area contributed by atoms with Crippen molar-refractivity contribution in [3.8, 4) is 0 Å². The largest absolute Gasteiger partial charge is 1.00 e. The number of hydrogen-bond donors (Lipinski definition) is 2. The van der Waals surface area contributed by atoms with Crippen molar-refractivity contribution in [2.24, 2.45) is 5.92 Å². The van der Waals surface area contributed by atoms with Crippen LogP contribution in [-0.2, 0) is 9.59 Å². The number of unbranched alkanes of at least 4 members (excludes halogenated alkanes) is 11. The molecule has 158 valence electrons. The van der Waals surface area contributed by atoms with Gasteiger partial charge in [0.1, 0.15) is 6.42 Å². The molecule has 0 saturated heterocycles. The first kappa shape index (κ1) is 35.9. The minimum absolute atomic E-state index is 0. The van der Waals surface area contributed by atoms with Crippen LogP contribution in [0.15, 0.2) is 0 Å². The quantitative estimate of drug-likeness (QED) is 0.165. The molecule has 0 rings (SSSR count). The van der Waals surface area contributed by atoms with Crippen LogP contribution in [0.1, 0.15) is 118 Å². The second-order valence-corrected chi connectivity index (χ2v) is 7.30. The third kappa shape index (κ3) is 37.3. The summed E-state index contributed by atoms with van der Waals surface area (Å²) in [6.45, 7) is 8.85. The van der Waals surface area contributed by atoms with Gasteiger partial charge in [-0.1, -0.05) is 110 Å². The van der Waals surface area contributed by atoms with Crippen LogP contribution < -0.4 is 48.4 Å². The molecular weight excluding hydrogens is 358 g/mol. The van der Waals surface area contributed by atoms with Crippen molar-refractivity contribution < 1.29 is 69.6 Å². The van der Waals surface area contributed by atoms with Crippen LogP contribution in [0, 0.1) is 12.8 Å². The zero-order chi connectivity index (χ0) is 20.0. The van der Waals surface area contributed by atoms with Crippen molar-refractivity contribution in [1.29, 1.82) is 0 Å². The van der Waals surface area contributed by atoms with Gasteiger partial charge >= 0.3 is 60.4 Å². The monoisotopic (exact) mass is 402 g/mol. The van der Waals surface area contributed by atoms with Gasteiger partial charge in [0.25, 0.3) is 0 Å². The maximum atomic E-state index is 9.43. The van der Waals surface area contributed by atoms with Crippen LogP contribution in [0.25, 0.3) is 0 Å². The third-order valence-corrected chi connectivity index (χ3v) is 4.48. The number of carboxylic acid groups (broad SMARTS) is 2. The molecule has 4 nitrogen and oxygen atoms in total. The summed E-state index contributed by atoms with van der Waals surface area (Å²) in [5.41, 5.74) is 0. The average Bonchev–Trinajstić information content (AvgIpc) is 2.56. The van der Waals surface area contributed by atoms with Crippen LogP contribution in [-0.4, -0.2) is 22.2 Å². The second-order valence-electron chi connectivity index (χ2n) is 7.30. The molecule has 0 aliphatic carbocycles. The summed E-state index contributed by atoms with van der Waals surface area (Å²) in [5, 5.41) is 15.4. The molecule has 2 N–H and O–H groups in total. The van der Waals surface area contributed by atoms with Crippen LogP contribution in [0.2, 0.25) is 0 Å². The molecule has 0 amide bonds. The normalized spacial score (nSPS) is 10.7. The zero-order valence-corrected chi connectivity index (χ0v) is 21.3. The smallest absolute Gasteiger partial charge is 1.00 e. The van der Waals surface area contributed by atoms with Gasteiger partial charge in [0.05, 0.1) is 0 Å². The predicted molar refractivity (Wildman–Crippen MR) is 110 cm³/mol. The molecule has 0 aromatic heterocycles. The number of carbonyl (C=O) groups is 2. The van der Waals surface area contributed by atoms with E-state index in [-0.39, 0.29) is 49.8 Å². The van der Waals surface area contributed by atoms with Gasteiger partial charge in [0, 0.05) is 0 Å². The molecule has 0 bridgehead atoms. The standard InChI is InChI=1S/C19H39.C3H4O4.Li.Na.H/c1-4-6-8-9-10-11-12-13-14-16-18-19(3)17-15-7-5-2;4-2(5)1-3(6)7;;;/h19H,3-18H2,1-2H3;1H2,(H,4,5)(H,6,7);;;/q-1;;2*+1;-1. The van der Waals surface area contributed by atoms with Crippen molar-refractivity contribution in [2.45, 2.75) is 117 Å². The van der Waals surface area contributed by atoms with Gasteiger partial charge in [-0.3, -0.25) is 9.59 Å². The van der Waals surface area contributed by atoms with E-state index in [9.17, 15) is 9.59 Å². The summed E-state index contributed by atoms with van der Waals surface area (Å²) in [6.07, 6.45) is 20.5. The third-order valence-electron chi connectivity index (χ3n) is 4.48. The van der Waals surface area contributed by atoms with Gasteiger partial charge < -0.3 is 18.6 Å². The Balaban J connectivity index is -0.000000166. The minimum Gasteiger partial charge on any atom is -1.00 e. The van der Waals surface area contributed by atoms with Crippen molar-refractivity contribution in [3.05, 3.63) is 6.92 Å². The first-order valence-electron chi connectivity index (χ1n) is 10.7. The summed E-state index contributed by atoms with van der Waals surface area (Å²) < 4.78 is 0. The van der Waals surface area contributed by atoms with Crippen LogP contribution in [0.4, 0.5) is 0 Å². The molecule has 0 aromatic carbocycles. The van der Waals surface area contributed by atoms with E-state index < -0.39 is 18.4 Å². The minimum atomic E-state index is -1.31. The molecule has 1 unspecified atom stereocenters. The number of aliphatic carboxylic acids is 2. The Morgan fingerprint density at radius 1 is 0.714 bits per heavy atom. The van der Waals surface area contributed by atoms with Gasteiger partial charge in [-0.2, -0.15) is 5.92 Å². The van der Waals surface area contributed by atoms with Gasteiger partial charge in [-0.05, 0) is 0 Å². The maximum Gasteiger partial charge on any atom is 1.00 e. The molecule has 6 heteroatoms. The Bertz CT molecular complexity index is 322. The topological polar surface area (TPSA) is 74.6 Å². The Morgan fingerprint density at radius 2 is 1.00 bits per heavy atom. The first-order valence-corrected chi connectivity index (χ1v) is 10.7. The fourth-order valence-electron chi connectivity index (χ4n) is 2.88. The summed E-state index contributed by atoms with van der Waals surface area (Å²) >= 11 is 0. The Labute approximate surface area is 210 Å². The van der Waals surface area contributed by atoms with E-state index in [1.807, 2.05) is 0 Å². The summed E-state index contributed by atoms with van der Waals surface area (Å²) in [4.78, 5) is 18.9. The zero-order valence-electron chi connectivity index (χ0n) is 20.3. The molecule has 0 radical (unpaired) electrons. The SMILES string of the molecule is O=C(O)CC(=O)O.[CH2-]C(CCCCC)CCCCCCCCCCCC.[H-].[Li+].[Na+]. The molecule has 0 aromatic rings. The molecule has 0 fully saturated rings. The Hall–Kier alpha value is 0.537. The first-order chi connectivity index (χ1) is 12.4. The fraction of sp³-hybridized carbons (Fsp3) is 0.864. The summed E-state index contributed by atoms with van der Waals surface area (Å²) in [6, 6.07) is 0. The molecule has 1 atom stereocenters. The van der Waals surface area contributed by atoms with E-state index >= 15 is 0 Å². The van der Waals surface area contributed by atoms with Crippen LogP contribution in [0.3, 0.4) is 0 Å². The molecule has 0 heterocycles. The van der Waals surface area contributed by atoms with Crippen molar-refractivity contribution in [3.63, 3.8) is 0 Å². The molecule has 0 saturated carbocycles. The summed E-state index contributed by atoms with van der Waals surface area (Å²) in [5.74, 6) is -1.90. The molecule has 28 heavy (non-hydrogen) atoms. The fourth-order valence-corrected chi connectivity index (χ4v) is 2.88. The number of hydrogen-bond acceptors (Lipinski definition) is 2. The Kier molecular flexibility index (Phi) is 38.2. The van der Waals surface area contributed by atoms with Gasteiger partial charge in [-0.15, -0.1) is 0 Å². The van der Waals surface area contributed by atoms with Gasteiger partial charge in [0.2, 0.25) is 0 Å². The van der Waals surface area contributed by atoms with Crippen LogP contribution >= 0.6 is 0 Å². The van der Waals surface area contributed by atoms with Crippen molar-refractivity contribution in [2.75, 3.05) is 0 Å². The van der Waals surface area contributed by atoms with Gasteiger partial charge in [-0.25, -0.2) is 0 Å². The molecular formula is C22H44LiNaO4. The van der Waals surface area contributed by atoms with E-state index in [4.69, 9.17) is 10.2 Å².